The standard InChI is InChI=1S/C16H11F3N2O4/c1-20-12(15(23)24)8-9-2-7-13(22)21(14(9)20)10-3-5-11(6-4-10)25-16(17,18)19/h2-8H,1H3,(H,23,24). The molecule has 0 unspecified atom stereocenters. The van der Waals surface area contributed by atoms with Crippen LogP contribution in [0.4, 0.5) is 13.2 Å². The minimum Gasteiger partial charge on any atom is -0.477 e. The SMILES string of the molecule is Cn1c(C(=O)O)cc2ccc(=O)n(-c3ccc(OC(F)(F)F)cc3)c21. The van der Waals surface area contributed by atoms with Crippen LogP contribution in [0.25, 0.3) is 16.7 Å². The van der Waals surface area contributed by atoms with Crippen LogP contribution in [0.1, 0.15) is 10.5 Å². The van der Waals surface area contributed by atoms with Crippen LogP contribution in [0.15, 0.2) is 47.3 Å². The molecule has 130 valence electrons. The Morgan fingerprint density at radius 2 is 1.76 bits per heavy atom. The van der Waals surface area contributed by atoms with Crippen LogP contribution in [-0.4, -0.2) is 26.6 Å². The number of carboxylic acid groups (broad SMARTS) is 1. The average molecular weight is 352 g/mol. The summed E-state index contributed by atoms with van der Waals surface area (Å²) in [6.45, 7) is 0. The number of alkyl halides is 3. The molecule has 0 aliphatic carbocycles. The van der Waals surface area contributed by atoms with Gasteiger partial charge in [0, 0.05) is 18.5 Å². The minimum absolute atomic E-state index is 0.0219. The number of hydrogen-bond acceptors (Lipinski definition) is 3. The average Bonchev–Trinajstić information content (AvgIpc) is 2.84. The molecule has 1 N–H and O–H groups in total. The van der Waals surface area contributed by atoms with E-state index in [1.54, 1.807) is 0 Å². The van der Waals surface area contributed by atoms with Gasteiger partial charge in [-0.3, -0.25) is 9.36 Å². The first kappa shape index (κ1) is 16.6. The number of pyridine rings is 1. The number of aryl methyl sites for hydroxylation is 1. The highest BCUT2D eigenvalue weighted by Gasteiger charge is 2.31. The Kier molecular flexibility index (Phi) is 3.78. The van der Waals surface area contributed by atoms with Gasteiger partial charge in [-0.15, -0.1) is 13.2 Å². The molecule has 0 saturated carbocycles. The number of benzene rings is 1. The van der Waals surface area contributed by atoms with E-state index in [9.17, 15) is 27.9 Å². The minimum atomic E-state index is -4.81. The van der Waals surface area contributed by atoms with Crippen molar-refractivity contribution < 1.29 is 27.8 Å². The summed E-state index contributed by atoms with van der Waals surface area (Å²) in [5.41, 5.74) is 0.124. The number of nitrogens with zero attached hydrogens (tertiary/aromatic N) is 2. The Morgan fingerprint density at radius 3 is 2.32 bits per heavy atom. The van der Waals surface area contributed by atoms with Crippen LogP contribution >= 0.6 is 0 Å². The molecule has 0 aliphatic rings. The number of carbonyl (C=O) groups is 1. The molecule has 0 bridgehead atoms. The third-order valence-electron chi connectivity index (χ3n) is 3.61. The van der Waals surface area contributed by atoms with E-state index in [2.05, 4.69) is 4.74 Å². The Bertz CT molecular complexity index is 1020. The van der Waals surface area contributed by atoms with Crippen molar-refractivity contribution in [1.29, 1.82) is 0 Å². The van der Waals surface area contributed by atoms with Gasteiger partial charge in [0.15, 0.2) is 0 Å². The van der Waals surface area contributed by atoms with E-state index in [1.165, 1.54) is 46.5 Å². The van der Waals surface area contributed by atoms with Crippen LogP contribution in [0.3, 0.4) is 0 Å². The number of rotatable bonds is 3. The van der Waals surface area contributed by atoms with E-state index >= 15 is 0 Å². The van der Waals surface area contributed by atoms with E-state index in [0.717, 1.165) is 12.1 Å². The Hall–Kier alpha value is -3.23. The first-order chi connectivity index (χ1) is 11.7. The van der Waals surface area contributed by atoms with Crippen molar-refractivity contribution >= 4 is 17.0 Å². The quantitative estimate of drug-likeness (QED) is 0.787. The fraction of sp³-hybridized carbons (Fsp3) is 0.125. The van der Waals surface area contributed by atoms with E-state index in [4.69, 9.17) is 0 Å². The molecule has 9 heteroatoms. The molecule has 6 nitrogen and oxygen atoms in total. The van der Waals surface area contributed by atoms with Gasteiger partial charge in [-0.2, -0.15) is 0 Å². The summed E-state index contributed by atoms with van der Waals surface area (Å²) in [4.78, 5) is 23.5. The molecule has 0 saturated heterocycles. The largest absolute Gasteiger partial charge is 0.573 e. The molecule has 1 aromatic carbocycles. The van der Waals surface area contributed by atoms with Gasteiger partial charge in [-0.25, -0.2) is 4.79 Å². The first-order valence-corrected chi connectivity index (χ1v) is 6.98. The predicted octanol–water partition coefficient (Wildman–Crippen LogP) is 2.93. The maximum atomic E-state index is 12.3. The fourth-order valence-electron chi connectivity index (χ4n) is 2.61. The molecule has 0 radical (unpaired) electrons. The number of carboxylic acids is 1. The van der Waals surface area contributed by atoms with Crippen molar-refractivity contribution in [3.8, 4) is 11.4 Å². The van der Waals surface area contributed by atoms with Crippen molar-refractivity contribution in [2.45, 2.75) is 6.36 Å². The number of halogens is 3. The van der Waals surface area contributed by atoms with Crippen molar-refractivity contribution in [3.63, 3.8) is 0 Å². The molecule has 2 heterocycles. The maximum absolute atomic E-state index is 12.3. The molecule has 0 aliphatic heterocycles. The third kappa shape index (κ3) is 3.08. The molecule has 2 aromatic heterocycles. The number of fused-ring (bicyclic) bond motifs is 1. The van der Waals surface area contributed by atoms with Crippen LogP contribution in [0.2, 0.25) is 0 Å². The number of hydrogen-bond donors (Lipinski definition) is 1. The second-order valence-corrected chi connectivity index (χ2v) is 5.22. The molecule has 0 spiro atoms. The number of aromatic nitrogens is 2. The molecule has 0 fully saturated rings. The molecular weight excluding hydrogens is 341 g/mol. The second kappa shape index (κ2) is 5.69. The zero-order valence-electron chi connectivity index (χ0n) is 12.7. The third-order valence-corrected chi connectivity index (χ3v) is 3.61. The predicted molar refractivity (Wildman–Crippen MR) is 82.2 cm³/mol. The monoisotopic (exact) mass is 352 g/mol. The summed E-state index contributed by atoms with van der Waals surface area (Å²) in [6.07, 6.45) is -4.81. The summed E-state index contributed by atoms with van der Waals surface area (Å²) in [5.74, 6) is -1.58. The normalized spacial score (nSPS) is 11.7. The van der Waals surface area contributed by atoms with Gasteiger partial charge in [0.05, 0.1) is 5.69 Å². The zero-order valence-corrected chi connectivity index (χ0v) is 12.7. The second-order valence-electron chi connectivity index (χ2n) is 5.22. The van der Waals surface area contributed by atoms with Crippen LogP contribution < -0.4 is 10.3 Å². The summed E-state index contributed by atoms with van der Waals surface area (Å²) in [6, 6.07) is 8.89. The first-order valence-electron chi connectivity index (χ1n) is 6.98. The van der Waals surface area contributed by atoms with Crippen molar-refractivity contribution in [1.82, 2.24) is 9.13 Å². The van der Waals surface area contributed by atoms with Crippen LogP contribution in [0.5, 0.6) is 5.75 Å². The molecule has 0 amide bonds. The van der Waals surface area contributed by atoms with Crippen molar-refractivity contribution in [3.05, 3.63) is 58.5 Å². The number of ether oxygens (including phenoxy) is 1. The lowest BCUT2D eigenvalue weighted by molar-refractivity contribution is -0.274. The zero-order chi connectivity index (χ0) is 18.4. The van der Waals surface area contributed by atoms with Gasteiger partial charge in [-0.1, -0.05) is 0 Å². The molecule has 3 aromatic rings. The molecule has 0 atom stereocenters. The van der Waals surface area contributed by atoms with Crippen molar-refractivity contribution in [2.24, 2.45) is 7.05 Å². The van der Waals surface area contributed by atoms with Gasteiger partial charge in [0.2, 0.25) is 0 Å². The van der Waals surface area contributed by atoms with Crippen LogP contribution in [0, 0.1) is 0 Å². The summed E-state index contributed by atoms with van der Waals surface area (Å²) < 4.78 is 43.0. The molecular formula is C16H11F3N2O4. The van der Waals surface area contributed by atoms with E-state index < -0.39 is 23.6 Å². The fourth-order valence-corrected chi connectivity index (χ4v) is 2.61. The van der Waals surface area contributed by atoms with Crippen LogP contribution in [-0.2, 0) is 7.05 Å². The Morgan fingerprint density at radius 1 is 1.12 bits per heavy atom. The number of aromatic carboxylic acids is 1. The summed E-state index contributed by atoms with van der Waals surface area (Å²) in [5, 5.41) is 9.72. The lowest BCUT2D eigenvalue weighted by atomic mass is 10.2. The smallest absolute Gasteiger partial charge is 0.477 e. The molecule has 25 heavy (non-hydrogen) atoms. The Balaban J connectivity index is 2.17. The van der Waals surface area contributed by atoms with Gasteiger partial charge in [-0.05, 0) is 36.4 Å². The topological polar surface area (TPSA) is 73.5 Å². The van der Waals surface area contributed by atoms with Crippen molar-refractivity contribution in [2.75, 3.05) is 0 Å². The van der Waals surface area contributed by atoms with E-state index in [1.807, 2.05) is 0 Å². The molecule has 3 rings (SSSR count). The summed E-state index contributed by atoms with van der Waals surface area (Å²) >= 11 is 0. The maximum Gasteiger partial charge on any atom is 0.573 e. The highest BCUT2D eigenvalue weighted by Crippen LogP contribution is 2.25. The lowest BCUT2D eigenvalue weighted by Gasteiger charge is -2.12. The lowest BCUT2D eigenvalue weighted by Crippen LogP contribution is -2.20. The summed E-state index contributed by atoms with van der Waals surface area (Å²) in [7, 11) is 1.49. The Labute approximate surface area is 138 Å². The highest BCUT2D eigenvalue weighted by atomic mass is 19.4. The highest BCUT2D eigenvalue weighted by molar-refractivity contribution is 5.93. The van der Waals surface area contributed by atoms with Gasteiger partial charge >= 0.3 is 12.3 Å². The van der Waals surface area contributed by atoms with Gasteiger partial charge in [0.1, 0.15) is 17.1 Å². The van der Waals surface area contributed by atoms with E-state index in [0.29, 0.717) is 11.0 Å². The van der Waals surface area contributed by atoms with Gasteiger partial charge < -0.3 is 14.4 Å². The van der Waals surface area contributed by atoms with Gasteiger partial charge in [0.25, 0.3) is 5.56 Å². The van der Waals surface area contributed by atoms with E-state index in [-0.39, 0.29) is 11.4 Å².